The van der Waals surface area contributed by atoms with Crippen LogP contribution in [-0.2, 0) is 19.1 Å². The van der Waals surface area contributed by atoms with Crippen LogP contribution in [0, 0.1) is 53.2 Å². The number of allylic oxidation sites excluding steroid dienone is 6. The molecule has 0 spiro atoms. The van der Waals surface area contributed by atoms with E-state index in [1.165, 1.54) is 17.2 Å². The van der Waals surface area contributed by atoms with Crippen LogP contribution in [0.2, 0.25) is 0 Å². The highest BCUT2D eigenvalue weighted by atomic mass is 19.1. The Morgan fingerprint density at radius 2 is 2.05 bits per heavy atom. The number of rotatable bonds is 7. The summed E-state index contributed by atoms with van der Waals surface area (Å²) in [5.41, 5.74) is 3.39. The topological polar surface area (TPSA) is 52.6 Å². The Labute approximate surface area is 234 Å². The third kappa shape index (κ3) is 5.93. The first kappa shape index (κ1) is 27.9. The third-order valence-corrected chi connectivity index (χ3v) is 10.0. The summed E-state index contributed by atoms with van der Waals surface area (Å²) in [5.74, 6) is 2.25. The Morgan fingerprint density at radius 1 is 1.23 bits per heavy atom. The molecule has 9 atom stereocenters. The summed E-state index contributed by atoms with van der Waals surface area (Å²) in [6.45, 7) is 8.72. The van der Waals surface area contributed by atoms with Crippen molar-refractivity contribution in [2.24, 2.45) is 47.3 Å². The largest absolute Gasteiger partial charge is 0.466 e. The predicted octanol–water partition coefficient (Wildman–Crippen LogP) is 7.80. The molecule has 39 heavy (non-hydrogen) atoms. The van der Waals surface area contributed by atoms with Gasteiger partial charge in [-0.05, 0) is 110 Å². The van der Waals surface area contributed by atoms with Crippen molar-refractivity contribution in [2.75, 3.05) is 6.61 Å². The molecule has 2 unspecified atom stereocenters. The van der Waals surface area contributed by atoms with Crippen LogP contribution in [0.25, 0.3) is 5.57 Å². The molecule has 3 aliphatic carbocycles. The molecule has 1 aliphatic heterocycles. The number of carbonyl (C=O) groups is 2. The van der Waals surface area contributed by atoms with E-state index in [1.807, 2.05) is 13.0 Å². The zero-order valence-corrected chi connectivity index (χ0v) is 23.8. The van der Waals surface area contributed by atoms with Gasteiger partial charge in [0.2, 0.25) is 0 Å². The number of esters is 2. The number of cyclic esters (lactones) is 1. The van der Waals surface area contributed by atoms with Crippen LogP contribution in [0.3, 0.4) is 0 Å². The Kier molecular flexibility index (Phi) is 8.44. The number of benzene rings is 1. The van der Waals surface area contributed by atoms with Crippen molar-refractivity contribution in [1.29, 1.82) is 0 Å². The summed E-state index contributed by atoms with van der Waals surface area (Å²) in [4.78, 5) is 25.0. The van der Waals surface area contributed by atoms with Gasteiger partial charge in [0, 0.05) is 13.8 Å². The van der Waals surface area contributed by atoms with Crippen LogP contribution in [0.5, 0.6) is 0 Å². The van der Waals surface area contributed by atoms with Crippen molar-refractivity contribution in [2.45, 2.75) is 72.3 Å². The molecule has 3 fully saturated rings. The fourth-order valence-electron chi connectivity index (χ4n) is 8.12. The van der Waals surface area contributed by atoms with E-state index in [0.717, 1.165) is 37.7 Å². The first-order valence-electron chi connectivity index (χ1n) is 15.0. The van der Waals surface area contributed by atoms with Crippen LogP contribution in [-0.4, -0.2) is 24.6 Å². The summed E-state index contributed by atoms with van der Waals surface area (Å²) >= 11 is 0. The SMILES string of the molecule is CCOC(=O)CC(C)[C@H]1CC[C@H]2[C@@H](C1)C[C@@H]1C(=O)O[C@H](C)[C@H]1[C@@H]2/C=C/C1=CC=C(c2cccc(F)c2)C(C)C1.[HH]. The van der Waals surface area contributed by atoms with E-state index in [-0.39, 0.29) is 37.1 Å². The zero-order valence-electron chi connectivity index (χ0n) is 23.8. The van der Waals surface area contributed by atoms with E-state index in [2.05, 4.69) is 45.1 Å². The molecule has 0 N–H and O–H groups in total. The zero-order chi connectivity index (χ0) is 27.7. The lowest BCUT2D eigenvalue weighted by atomic mass is 9.55. The van der Waals surface area contributed by atoms with E-state index in [1.54, 1.807) is 12.1 Å². The highest BCUT2D eigenvalue weighted by Crippen LogP contribution is 2.55. The number of hydrogen-bond acceptors (Lipinski definition) is 4. The van der Waals surface area contributed by atoms with Gasteiger partial charge in [0.25, 0.3) is 0 Å². The molecule has 0 radical (unpaired) electrons. The molecule has 4 aliphatic rings. The first-order valence-corrected chi connectivity index (χ1v) is 15.0. The number of carbonyl (C=O) groups excluding carboxylic acids is 2. The lowest BCUT2D eigenvalue weighted by Gasteiger charge is -2.48. The minimum Gasteiger partial charge on any atom is -0.466 e. The molecule has 0 amide bonds. The quantitative estimate of drug-likeness (QED) is 0.334. The second-order valence-electron chi connectivity index (χ2n) is 12.5. The van der Waals surface area contributed by atoms with Crippen molar-refractivity contribution >= 4 is 17.5 Å². The van der Waals surface area contributed by atoms with Gasteiger partial charge in [-0.1, -0.05) is 50.3 Å². The fraction of sp³-hybridized carbons (Fsp3) is 0.588. The van der Waals surface area contributed by atoms with Gasteiger partial charge in [-0.15, -0.1) is 0 Å². The molecule has 4 nitrogen and oxygen atoms in total. The second-order valence-corrected chi connectivity index (χ2v) is 12.5. The van der Waals surface area contributed by atoms with Gasteiger partial charge >= 0.3 is 11.9 Å². The van der Waals surface area contributed by atoms with Gasteiger partial charge < -0.3 is 9.47 Å². The molecule has 1 aromatic carbocycles. The van der Waals surface area contributed by atoms with Gasteiger partial charge in [-0.3, -0.25) is 9.59 Å². The predicted molar refractivity (Wildman–Crippen MR) is 153 cm³/mol. The molecule has 5 rings (SSSR count). The molecule has 1 saturated heterocycles. The molecule has 0 aromatic heterocycles. The fourth-order valence-corrected chi connectivity index (χ4v) is 8.12. The van der Waals surface area contributed by atoms with E-state index in [4.69, 9.17) is 9.47 Å². The monoisotopic (exact) mass is 536 g/mol. The number of ether oxygens (including phenoxy) is 2. The lowest BCUT2D eigenvalue weighted by Crippen LogP contribution is -2.44. The highest BCUT2D eigenvalue weighted by Gasteiger charge is 2.54. The Morgan fingerprint density at radius 3 is 2.79 bits per heavy atom. The summed E-state index contributed by atoms with van der Waals surface area (Å²) in [7, 11) is 0. The maximum atomic E-state index is 13.8. The summed E-state index contributed by atoms with van der Waals surface area (Å²) < 4.78 is 24.8. The Balaban J connectivity index is 0.00000370. The first-order chi connectivity index (χ1) is 18.7. The number of hydrogen-bond donors (Lipinski definition) is 0. The Bertz CT molecular complexity index is 1170. The lowest BCUT2D eigenvalue weighted by molar-refractivity contribution is -0.145. The molecule has 0 bridgehead atoms. The molecule has 212 valence electrons. The van der Waals surface area contributed by atoms with E-state index in [9.17, 15) is 14.0 Å². The van der Waals surface area contributed by atoms with Crippen molar-refractivity contribution < 1.29 is 24.9 Å². The van der Waals surface area contributed by atoms with Gasteiger partial charge in [-0.25, -0.2) is 4.39 Å². The summed E-state index contributed by atoms with van der Waals surface area (Å²) in [6, 6.07) is 6.84. The molecular weight excluding hydrogens is 491 g/mol. The minimum absolute atomic E-state index is 0. The molecule has 5 heteroatoms. The highest BCUT2D eigenvalue weighted by molar-refractivity contribution is 5.75. The number of fused-ring (bicyclic) bond motifs is 2. The van der Waals surface area contributed by atoms with E-state index in [0.29, 0.717) is 48.5 Å². The molecule has 1 heterocycles. The van der Waals surface area contributed by atoms with Gasteiger partial charge in [0.1, 0.15) is 11.9 Å². The second kappa shape index (κ2) is 11.8. The van der Waals surface area contributed by atoms with Crippen LogP contribution in [0.4, 0.5) is 4.39 Å². The van der Waals surface area contributed by atoms with E-state index >= 15 is 0 Å². The normalized spacial score (nSPS) is 34.9. The molecule has 2 saturated carbocycles. The van der Waals surface area contributed by atoms with Crippen molar-refractivity contribution in [3.05, 3.63) is 65.5 Å². The van der Waals surface area contributed by atoms with Crippen molar-refractivity contribution in [3.8, 4) is 0 Å². The van der Waals surface area contributed by atoms with Crippen molar-refractivity contribution in [3.63, 3.8) is 0 Å². The third-order valence-electron chi connectivity index (χ3n) is 10.0. The smallest absolute Gasteiger partial charge is 0.309 e. The molecular formula is C34H45FO4. The van der Waals surface area contributed by atoms with Crippen LogP contribution in [0.15, 0.2) is 54.1 Å². The van der Waals surface area contributed by atoms with Crippen LogP contribution in [0.1, 0.15) is 73.2 Å². The summed E-state index contributed by atoms with van der Waals surface area (Å²) in [5, 5.41) is 0. The Hall–Kier alpha value is -2.69. The maximum absolute atomic E-state index is 13.8. The average molecular weight is 537 g/mol. The van der Waals surface area contributed by atoms with Crippen molar-refractivity contribution in [1.82, 2.24) is 0 Å². The van der Waals surface area contributed by atoms with Gasteiger partial charge in [0.15, 0.2) is 0 Å². The molecule has 1 aromatic rings. The minimum atomic E-state index is -0.205. The van der Waals surface area contributed by atoms with Crippen LogP contribution >= 0.6 is 0 Å². The summed E-state index contributed by atoms with van der Waals surface area (Å²) in [6.07, 6.45) is 14.5. The standard InChI is InChI=1S/C34H43FO4.H2/c1-5-38-32(36)16-20(2)24-11-14-29-26(17-24)19-31-33(22(4)39-34(31)37)30(29)13-10-23-9-12-28(21(3)15-23)25-7-6-8-27(35)18-25;/h6-10,12-13,18,20-22,24,26,29-31,33H,5,11,14-17,19H2,1-4H3;1H/b13-10+;/t20?,21?,22-,24+,26+,29+,30-,31+,33+;/m1./s1. The van der Waals surface area contributed by atoms with Crippen LogP contribution < -0.4 is 0 Å². The van der Waals surface area contributed by atoms with Gasteiger partial charge in [-0.2, -0.15) is 0 Å². The number of halogens is 1. The van der Waals surface area contributed by atoms with Gasteiger partial charge in [0.05, 0.1) is 12.5 Å². The average Bonchev–Trinajstić information content (AvgIpc) is 3.19. The van der Waals surface area contributed by atoms with E-state index < -0.39 is 0 Å². The maximum Gasteiger partial charge on any atom is 0.309 e.